The van der Waals surface area contributed by atoms with Crippen LogP contribution in [-0.2, 0) is 29.1 Å². The Kier molecular flexibility index (Phi) is 10.2. The molecular weight excluding hydrogens is 595 g/mol. The number of halogens is 2. The van der Waals surface area contributed by atoms with Crippen LogP contribution in [0.25, 0.3) is 22.2 Å². The Bertz CT molecular complexity index is 1570. The average molecular weight is 631 g/mol. The van der Waals surface area contributed by atoms with Gasteiger partial charge in [-0.3, -0.25) is 9.23 Å². The molecule has 2 aromatic carbocycles. The normalized spacial score (nSPS) is 15.5. The van der Waals surface area contributed by atoms with E-state index in [0.29, 0.717) is 59.3 Å². The maximum Gasteiger partial charge on any atom is 0.355 e. The second-order valence-corrected chi connectivity index (χ2v) is 12.8. The van der Waals surface area contributed by atoms with Gasteiger partial charge in [0.25, 0.3) is 0 Å². The molecule has 0 saturated carbocycles. The molecule has 1 unspecified atom stereocenters. The SMILES string of the molecule is CC(C)COC(=O)c1[nH]c2ccc(F)cc2c1-c1cn(CC2CCN(CCN(Cc3ccc(Cl)cc3)S(=O)O)CC2)nn1. The van der Waals surface area contributed by atoms with Crippen molar-refractivity contribution in [3.05, 3.63) is 70.8 Å². The van der Waals surface area contributed by atoms with Gasteiger partial charge in [0.2, 0.25) is 11.3 Å². The minimum Gasteiger partial charge on any atom is -0.461 e. The van der Waals surface area contributed by atoms with Crippen LogP contribution in [0.5, 0.6) is 0 Å². The van der Waals surface area contributed by atoms with Gasteiger partial charge in [0.1, 0.15) is 17.2 Å². The second kappa shape index (κ2) is 14.1. The van der Waals surface area contributed by atoms with Crippen molar-refractivity contribution in [2.75, 3.05) is 32.8 Å². The van der Waals surface area contributed by atoms with Gasteiger partial charge >= 0.3 is 5.97 Å². The van der Waals surface area contributed by atoms with Gasteiger partial charge in [0, 0.05) is 47.7 Å². The van der Waals surface area contributed by atoms with Crippen LogP contribution >= 0.6 is 11.6 Å². The highest BCUT2D eigenvalue weighted by atomic mass is 35.5. The monoisotopic (exact) mass is 630 g/mol. The summed E-state index contributed by atoms with van der Waals surface area (Å²) in [6.45, 7) is 8.10. The first-order valence-corrected chi connectivity index (χ1v) is 15.8. The van der Waals surface area contributed by atoms with Crippen LogP contribution in [0.1, 0.15) is 42.7 Å². The van der Waals surface area contributed by atoms with Crippen LogP contribution in [-0.4, -0.2) is 76.7 Å². The lowest BCUT2D eigenvalue weighted by Gasteiger charge is -2.32. The summed E-state index contributed by atoms with van der Waals surface area (Å²) < 4.78 is 44.7. The molecule has 0 radical (unpaired) electrons. The second-order valence-electron chi connectivity index (χ2n) is 11.4. The van der Waals surface area contributed by atoms with Crippen LogP contribution in [0.2, 0.25) is 5.02 Å². The number of likely N-dealkylation sites (tertiary alicyclic amines) is 1. The number of esters is 1. The van der Waals surface area contributed by atoms with Crippen molar-refractivity contribution in [2.24, 2.45) is 11.8 Å². The van der Waals surface area contributed by atoms with Crippen LogP contribution in [0.4, 0.5) is 4.39 Å². The number of aromatic amines is 1. The molecule has 43 heavy (non-hydrogen) atoms. The molecule has 1 atom stereocenters. The summed E-state index contributed by atoms with van der Waals surface area (Å²) in [5.74, 6) is -0.376. The van der Waals surface area contributed by atoms with Crippen molar-refractivity contribution in [3.8, 4) is 11.3 Å². The summed E-state index contributed by atoms with van der Waals surface area (Å²) in [7, 11) is 0. The number of hydrogen-bond donors (Lipinski definition) is 2. The molecule has 1 fully saturated rings. The maximum absolute atomic E-state index is 14.2. The molecule has 3 heterocycles. The van der Waals surface area contributed by atoms with E-state index in [0.717, 1.165) is 31.5 Å². The molecule has 0 aliphatic carbocycles. The first-order chi connectivity index (χ1) is 20.7. The molecule has 0 amide bonds. The van der Waals surface area contributed by atoms with Gasteiger partial charge in [-0.05, 0) is 73.7 Å². The van der Waals surface area contributed by atoms with Crippen LogP contribution < -0.4 is 0 Å². The fourth-order valence-electron chi connectivity index (χ4n) is 5.32. The quantitative estimate of drug-likeness (QED) is 0.159. The van der Waals surface area contributed by atoms with Crippen molar-refractivity contribution < 1.29 is 22.7 Å². The predicted octanol–water partition coefficient (Wildman–Crippen LogP) is 5.38. The zero-order chi connectivity index (χ0) is 30.5. The van der Waals surface area contributed by atoms with Gasteiger partial charge in [-0.2, -0.15) is 4.31 Å². The number of carbonyl (C=O) groups excluding carboxylic acids is 1. The van der Waals surface area contributed by atoms with Crippen molar-refractivity contribution in [2.45, 2.75) is 39.8 Å². The van der Waals surface area contributed by atoms with E-state index < -0.39 is 23.1 Å². The Morgan fingerprint density at radius 3 is 2.67 bits per heavy atom. The maximum atomic E-state index is 14.2. The van der Waals surface area contributed by atoms with E-state index in [1.807, 2.05) is 26.0 Å². The highest BCUT2D eigenvalue weighted by Gasteiger charge is 2.25. The highest BCUT2D eigenvalue weighted by Crippen LogP contribution is 2.32. The lowest BCUT2D eigenvalue weighted by molar-refractivity contribution is 0.0454. The summed E-state index contributed by atoms with van der Waals surface area (Å²) >= 11 is 3.88. The van der Waals surface area contributed by atoms with E-state index in [-0.39, 0.29) is 18.2 Å². The topological polar surface area (TPSA) is 117 Å². The molecule has 1 aliphatic rings. The molecule has 5 rings (SSSR count). The number of hydrogen-bond acceptors (Lipinski definition) is 6. The Morgan fingerprint density at radius 2 is 1.98 bits per heavy atom. The van der Waals surface area contributed by atoms with Gasteiger partial charge < -0.3 is 14.6 Å². The van der Waals surface area contributed by atoms with E-state index in [4.69, 9.17) is 16.3 Å². The van der Waals surface area contributed by atoms with E-state index in [2.05, 4.69) is 20.2 Å². The number of rotatable bonds is 12. The summed E-state index contributed by atoms with van der Waals surface area (Å²) in [6, 6.07) is 11.6. The van der Waals surface area contributed by atoms with Gasteiger partial charge in [0.05, 0.1) is 12.8 Å². The number of H-pyrrole nitrogens is 1. The number of benzene rings is 2. The summed E-state index contributed by atoms with van der Waals surface area (Å²) in [5, 5.41) is 9.86. The van der Waals surface area contributed by atoms with Crippen molar-refractivity contribution >= 4 is 39.7 Å². The zero-order valence-electron chi connectivity index (χ0n) is 24.2. The number of carbonyl (C=O) groups is 1. The molecule has 0 bridgehead atoms. The molecule has 0 spiro atoms. The number of aromatic nitrogens is 4. The minimum absolute atomic E-state index is 0.175. The van der Waals surface area contributed by atoms with Crippen molar-refractivity contribution in [1.29, 1.82) is 0 Å². The molecular formula is C30H36ClFN6O4S. The van der Waals surface area contributed by atoms with Gasteiger partial charge in [-0.1, -0.05) is 42.8 Å². The summed E-state index contributed by atoms with van der Waals surface area (Å²) in [5.41, 5.74) is 2.73. The fraction of sp³-hybridized carbons (Fsp3) is 0.433. The molecule has 2 N–H and O–H groups in total. The Balaban J connectivity index is 1.19. The third-order valence-electron chi connectivity index (χ3n) is 7.62. The first-order valence-electron chi connectivity index (χ1n) is 14.4. The average Bonchev–Trinajstić information content (AvgIpc) is 3.59. The first kappa shape index (κ1) is 31.3. The highest BCUT2D eigenvalue weighted by molar-refractivity contribution is 7.76. The number of piperidine rings is 1. The lowest BCUT2D eigenvalue weighted by atomic mass is 9.97. The number of fused-ring (bicyclic) bond motifs is 1. The molecule has 230 valence electrons. The van der Waals surface area contributed by atoms with Gasteiger partial charge in [-0.25, -0.2) is 13.4 Å². The van der Waals surface area contributed by atoms with E-state index in [9.17, 15) is 17.9 Å². The summed E-state index contributed by atoms with van der Waals surface area (Å²) in [4.78, 5) is 18.3. The van der Waals surface area contributed by atoms with Crippen LogP contribution in [0, 0.1) is 17.7 Å². The number of nitrogens with zero attached hydrogens (tertiary/aromatic N) is 5. The smallest absolute Gasteiger partial charge is 0.355 e. The zero-order valence-corrected chi connectivity index (χ0v) is 25.8. The molecule has 10 nitrogen and oxygen atoms in total. The van der Waals surface area contributed by atoms with Crippen LogP contribution in [0.3, 0.4) is 0 Å². The standard InChI is InChI=1S/C30H36ClFN6O4S/c1-20(2)19-42-30(39)29-28(25-15-24(32)7-8-26(25)33-29)27-18-37(35-34-27)16-22-9-11-36(12-10-22)13-14-38(43(40)41)17-21-3-5-23(31)6-4-21/h3-8,15,18,20,22,33H,9-14,16-17,19H2,1-2H3,(H,40,41). The molecule has 1 aliphatic heterocycles. The van der Waals surface area contributed by atoms with Crippen molar-refractivity contribution in [3.63, 3.8) is 0 Å². The Morgan fingerprint density at radius 1 is 1.23 bits per heavy atom. The molecule has 2 aromatic heterocycles. The minimum atomic E-state index is -2.07. The summed E-state index contributed by atoms with van der Waals surface area (Å²) in [6.07, 6.45) is 3.68. The van der Waals surface area contributed by atoms with Gasteiger partial charge in [-0.15, -0.1) is 5.10 Å². The third-order valence-corrected chi connectivity index (χ3v) is 8.62. The van der Waals surface area contributed by atoms with Gasteiger partial charge in [0.15, 0.2) is 0 Å². The van der Waals surface area contributed by atoms with Crippen LogP contribution in [0.15, 0.2) is 48.7 Å². The Labute approximate surface area is 257 Å². The largest absolute Gasteiger partial charge is 0.461 e. The molecule has 13 heteroatoms. The number of ether oxygens (including phenoxy) is 1. The fourth-order valence-corrected chi connectivity index (χ4v) is 5.94. The van der Waals surface area contributed by atoms with E-state index >= 15 is 0 Å². The Hall–Kier alpha value is -3.16. The molecule has 1 saturated heterocycles. The third kappa shape index (κ3) is 8.07. The molecule has 4 aromatic rings. The predicted molar refractivity (Wildman–Crippen MR) is 164 cm³/mol. The van der Waals surface area contributed by atoms with Crippen molar-refractivity contribution in [1.82, 2.24) is 29.2 Å². The lowest BCUT2D eigenvalue weighted by Crippen LogP contribution is -2.40. The van der Waals surface area contributed by atoms with E-state index in [1.54, 1.807) is 29.1 Å². The number of nitrogens with one attached hydrogen (secondary N) is 1. The van der Waals surface area contributed by atoms with E-state index in [1.165, 1.54) is 16.4 Å².